The van der Waals surface area contributed by atoms with Crippen LogP contribution in [0.3, 0.4) is 0 Å². The Kier molecular flexibility index (Phi) is 3.12. The number of carbonyl (C=O) groups is 1. The van der Waals surface area contributed by atoms with Crippen molar-refractivity contribution in [3.63, 3.8) is 0 Å². The molecule has 6 nitrogen and oxygen atoms in total. The number of anilines is 1. The van der Waals surface area contributed by atoms with Gasteiger partial charge in [-0.1, -0.05) is 11.6 Å². The molecule has 19 heavy (non-hydrogen) atoms. The Bertz CT molecular complexity index is 636. The van der Waals surface area contributed by atoms with E-state index in [1.807, 2.05) is 4.57 Å². The summed E-state index contributed by atoms with van der Waals surface area (Å²) in [6.07, 6.45) is 3.21. The minimum Gasteiger partial charge on any atom is -0.387 e. The van der Waals surface area contributed by atoms with Crippen molar-refractivity contribution in [2.75, 3.05) is 11.9 Å². The van der Waals surface area contributed by atoms with Crippen LogP contribution < -0.4 is 5.32 Å². The van der Waals surface area contributed by atoms with Gasteiger partial charge in [0.05, 0.1) is 0 Å². The van der Waals surface area contributed by atoms with Gasteiger partial charge in [0.15, 0.2) is 5.65 Å². The Morgan fingerprint density at radius 2 is 2.26 bits per heavy atom. The number of nitrogens with one attached hydrogen (secondary N) is 1. The van der Waals surface area contributed by atoms with Crippen molar-refractivity contribution >= 4 is 34.6 Å². The molecule has 1 aliphatic rings. The molecule has 7 heteroatoms. The van der Waals surface area contributed by atoms with Crippen LogP contribution in [0.5, 0.6) is 0 Å². The van der Waals surface area contributed by atoms with Crippen LogP contribution in [-0.4, -0.2) is 32.2 Å². The van der Waals surface area contributed by atoms with Gasteiger partial charge in [-0.3, -0.25) is 14.7 Å². The van der Waals surface area contributed by atoms with Crippen LogP contribution in [0.4, 0.5) is 5.95 Å². The van der Waals surface area contributed by atoms with Gasteiger partial charge in [-0.05, 0) is 31.4 Å². The number of hydrogen-bond acceptors (Lipinski definition) is 4. The molecule has 0 unspecified atom stereocenters. The van der Waals surface area contributed by atoms with Gasteiger partial charge in [-0.15, -0.1) is 0 Å². The lowest BCUT2D eigenvalue weighted by Crippen LogP contribution is -2.23. The van der Waals surface area contributed by atoms with Crippen LogP contribution in [0, 0.1) is 0 Å². The van der Waals surface area contributed by atoms with Crippen LogP contribution in [0.15, 0.2) is 12.1 Å². The van der Waals surface area contributed by atoms with E-state index in [4.69, 9.17) is 16.7 Å². The highest BCUT2D eigenvalue weighted by molar-refractivity contribution is 6.29. The van der Waals surface area contributed by atoms with Crippen molar-refractivity contribution in [2.45, 2.75) is 25.3 Å². The lowest BCUT2D eigenvalue weighted by Gasteiger charge is -2.28. The zero-order valence-corrected chi connectivity index (χ0v) is 10.9. The highest BCUT2D eigenvalue weighted by Gasteiger charge is 2.26. The number of imidazole rings is 1. The Balaban J connectivity index is 2.11. The summed E-state index contributed by atoms with van der Waals surface area (Å²) >= 11 is 5.92. The van der Waals surface area contributed by atoms with Gasteiger partial charge in [0.1, 0.15) is 17.3 Å². The van der Waals surface area contributed by atoms with Gasteiger partial charge in [0.25, 0.3) is 5.91 Å². The van der Waals surface area contributed by atoms with Gasteiger partial charge in [0.2, 0.25) is 5.95 Å². The molecule has 0 bridgehead atoms. The van der Waals surface area contributed by atoms with Gasteiger partial charge in [-0.25, -0.2) is 9.97 Å². The quantitative estimate of drug-likeness (QED) is 0.839. The molecule has 0 radical (unpaired) electrons. The Hall–Kier alpha value is -1.66. The first-order chi connectivity index (χ1) is 9.19. The first-order valence-electron chi connectivity index (χ1n) is 6.14. The summed E-state index contributed by atoms with van der Waals surface area (Å²) in [5, 5.41) is 11.8. The van der Waals surface area contributed by atoms with Crippen LogP contribution in [0.25, 0.3) is 11.2 Å². The van der Waals surface area contributed by atoms with E-state index in [0.29, 0.717) is 22.3 Å². The third-order valence-electron chi connectivity index (χ3n) is 3.34. The third kappa shape index (κ3) is 2.17. The third-order valence-corrected chi connectivity index (χ3v) is 3.55. The molecule has 1 aliphatic carbocycles. The number of amides is 1. The van der Waals surface area contributed by atoms with Crippen molar-refractivity contribution < 1.29 is 9.90 Å². The standard InChI is InChI=1S/C12H13ClN4O2/c13-9-5-4-8-11(15-9)17(7-2-1-3-7)12(14-8)16-10(19)6-18/h4-5,7,18H,1-3,6H2,(H,14,16,19). The molecule has 0 atom stereocenters. The van der Waals surface area contributed by atoms with Gasteiger partial charge in [0, 0.05) is 6.04 Å². The van der Waals surface area contributed by atoms with Crippen molar-refractivity contribution in [1.29, 1.82) is 0 Å². The summed E-state index contributed by atoms with van der Waals surface area (Å²) in [6, 6.07) is 3.72. The number of aromatic nitrogens is 3. The second-order valence-electron chi connectivity index (χ2n) is 4.57. The first-order valence-corrected chi connectivity index (χ1v) is 6.52. The van der Waals surface area contributed by atoms with Crippen LogP contribution in [0.1, 0.15) is 25.3 Å². The van der Waals surface area contributed by atoms with E-state index in [-0.39, 0.29) is 6.04 Å². The van der Waals surface area contributed by atoms with Crippen molar-refractivity contribution in [3.8, 4) is 0 Å². The minimum atomic E-state index is -0.567. The number of pyridine rings is 1. The fourth-order valence-corrected chi connectivity index (χ4v) is 2.34. The largest absolute Gasteiger partial charge is 0.387 e. The SMILES string of the molecule is O=C(CO)Nc1nc2ccc(Cl)nc2n1C1CCC1. The van der Waals surface area contributed by atoms with Crippen molar-refractivity contribution in [2.24, 2.45) is 0 Å². The molecule has 0 saturated heterocycles. The molecule has 0 aliphatic heterocycles. The van der Waals surface area contributed by atoms with Crippen molar-refractivity contribution in [3.05, 3.63) is 17.3 Å². The van der Waals surface area contributed by atoms with Gasteiger partial charge >= 0.3 is 0 Å². The maximum Gasteiger partial charge on any atom is 0.252 e. The zero-order chi connectivity index (χ0) is 13.4. The lowest BCUT2D eigenvalue weighted by molar-refractivity contribution is -0.118. The molecule has 3 rings (SSSR count). The topological polar surface area (TPSA) is 80.0 Å². The molecule has 2 aromatic heterocycles. The van der Waals surface area contributed by atoms with E-state index in [1.165, 1.54) is 0 Å². The molecule has 1 amide bonds. The summed E-state index contributed by atoms with van der Waals surface area (Å²) in [5.74, 6) is -0.0597. The van der Waals surface area contributed by atoms with Gasteiger partial charge in [-0.2, -0.15) is 0 Å². The fraction of sp³-hybridized carbons (Fsp3) is 0.417. The van der Waals surface area contributed by atoms with Crippen LogP contribution in [-0.2, 0) is 4.79 Å². The number of halogens is 1. The normalized spacial score (nSPS) is 15.5. The monoisotopic (exact) mass is 280 g/mol. The predicted molar refractivity (Wildman–Crippen MR) is 71.1 cm³/mol. The number of aliphatic hydroxyl groups is 1. The lowest BCUT2D eigenvalue weighted by atomic mass is 9.93. The number of nitrogens with zero attached hydrogens (tertiary/aromatic N) is 3. The van der Waals surface area contributed by atoms with Crippen LogP contribution >= 0.6 is 11.6 Å². The molecule has 0 aromatic carbocycles. The summed E-state index contributed by atoms with van der Waals surface area (Å²) < 4.78 is 1.90. The first kappa shape index (κ1) is 12.4. The Labute approximate surface area is 114 Å². The number of rotatable bonds is 3. The van der Waals surface area contributed by atoms with E-state index >= 15 is 0 Å². The summed E-state index contributed by atoms with van der Waals surface area (Å²) in [7, 11) is 0. The van der Waals surface area contributed by atoms with E-state index in [0.717, 1.165) is 19.3 Å². The molecule has 0 spiro atoms. The summed E-state index contributed by atoms with van der Waals surface area (Å²) in [5.41, 5.74) is 1.36. The molecule has 2 heterocycles. The molecular weight excluding hydrogens is 268 g/mol. The van der Waals surface area contributed by atoms with E-state index in [9.17, 15) is 4.79 Å². The van der Waals surface area contributed by atoms with E-state index in [1.54, 1.807) is 12.1 Å². The minimum absolute atomic E-state index is 0.282. The fourth-order valence-electron chi connectivity index (χ4n) is 2.19. The number of hydrogen-bond donors (Lipinski definition) is 2. The van der Waals surface area contributed by atoms with Crippen LogP contribution in [0.2, 0.25) is 5.15 Å². The molecule has 100 valence electrons. The molecule has 2 aromatic rings. The van der Waals surface area contributed by atoms with E-state index in [2.05, 4.69) is 15.3 Å². The Morgan fingerprint density at radius 1 is 1.47 bits per heavy atom. The number of aliphatic hydroxyl groups excluding tert-OH is 1. The molecule has 1 fully saturated rings. The average Bonchev–Trinajstić information content (AvgIpc) is 2.66. The smallest absolute Gasteiger partial charge is 0.252 e. The summed E-state index contributed by atoms with van der Waals surface area (Å²) in [4.78, 5) is 20.0. The molecule has 2 N–H and O–H groups in total. The van der Waals surface area contributed by atoms with Crippen molar-refractivity contribution in [1.82, 2.24) is 14.5 Å². The maximum absolute atomic E-state index is 11.3. The predicted octanol–water partition coefficient (Wildman–Crippen LogP) is 1.74. The maximum atomic E-state index is 11.3. The van der Waals surface area contributed by atoms with E-state index < -0.39 is 12.5 Å². The number of carbonyl (C=O) groups excluding carboxylic acids is 1. The van der Waals surface area contributed by atoms with Gasteiger partial charge < -0.3 is 5.11 Å². The molecule has 1 saturated carbocycles. The second-order valence-corrected chi connectivity index (χ2v) is 4.96. The summed E-state index contributed by atoms with van der Waals surface area (Å²) in [6.45, 7) is -0.567. The highest BCUT2D eigenvalue weighted by atomic mass is 35.5. The molecular formula is C12H13ClN4O2. The highest BCUT2D eigenvalue weighted by Crippen LogP contribution is 2.36. The Morgan fingerprint density at radius 3 is 2.89 bits per heavy atom. The average molecular weight is 281 g/mol. The second kappa shape index (κ2) is 4.79. The number of fused-ring (bicyclic) bond motifs is 1. The zero-order valence-electron chi connectivity index (χ0n) is 10.1.